The number of carbonyl (C=O) groups excluding carboxylic acids is 1. The molecule has 0 unspecified atom stereocenters. The molecule has 1 amide bonds. The highest BCUT2D eigenvalue weighted by molar-refractivity contribution is 5.76. The highest BCUT2D eigenvalue weighted by atomic mass is 16.5. The third-order valence-corrected chi connectivity index (χ3v) is 3.35. The van der Waals surface area contributed by atoms with E-state index in [1.165, 1.54) is 0 Å². The molecule has 2 rings (SSSR count). The third-order valence-electron chi connectivity index (χ3n) is 3.35. The van der Waals surface area contributed by atoms with Gasteiger partial charge in [0.1, 0.15) is 5.75 Å². The second kappa shape index (κ2) is 7.14. The molecule has 1 aliphatic heterocycles. The molecule has 1 heterocycles. The summed E-state index contributed by atoms with van der Waals surface area (Å²) < 4.78 is 10.7. The fourth-order valence-corrected chi connectivity index (χ4v) is 2.33. The van der Waals surface area contributed by atoms with E-state index in [2.05, 4.69) is 5.32 Å². The zero-order chi connectivity index (χ0) is 13.5. The second-order valence-corrected chi connectivity index (χ2v) is 4.75. The van der Waals surface area contributed by atoms with Gasteiger partial charge in [0.15, 0.2) is 0 Å². The maximum absolute atomic E-state index is 11.7. The average Bonchev–Trinajstić information content (AvgIpc) is 2.92. The Kier molecular flexibility index (Phi) is 5.21. The molecular formula is C15H21NO3. The third kappa shape index (κ3) is 4.24. The minimum absolute atomic E-state index is 0.0711. The van der Waals surface area contributed by atoms with E-state index in [1.807, 2.05) is 24.3 Å². The maximum Gasteiger partial charge on any atom is 0.222 e. The lowest BCUT2D eigenvalue weighted by atomic mass is 10.1. The predicted molar refractivity (Wildman–Crippen MR) is 73.3 cm³/mol. The fourth-order valence-electron chi connectivity index (χ4n) is 2.33. The van der Waals surface area contributed by atoms with Crippen LogP contribution in [0.5, 0.6) is 5.75 Å². The van der Waals surface area contributed by atoms with Crippen LogP contribution in [0.2, 0.25) is 0 Å². The highest BCUT2D eigenvalue weighted by Gasteiger charge is 2.18. The largest absolute Gasteiger partial charge is 0.496 e. The van der Waals surface area contributed by atoms with Gasteiger partial charge in [-0.25, -0.2) is 0 Å². The van der Waals surface area contributed by atoms with Crippen LogP contribution in [-0.4, -0.2) is 32.3 Å². The molecule has 19 heavy (non-hydrogen) atoms. The van der Waals surface area contributed by atoms with Gasteiger partial charge in [-0.2, -0.15) is 0 Å². The monoisotopic (exact) mass is 263 g/mol. The van der Waals surface area contributed by atoms with Crippen molar-refractivity contribution in [3.63, 3.8) is 0 Å². The Labute approximate surface area is 114 Å². The van der Waals surface area contributed by atoms with Crippen LogP contribution in [0, 0.1) is 0 Å². The molecule has 1 fully saturated rings. The quantitative estimate of drug-likeness (QED) is 0.853. The molecule has 4 heteroatoms. The Balaban J connectivity index is 1.72. The molecule has 104 valence electrons. The number of carbonyl (C=O) groups is 1. The summed E-state index contributed by atoms with van der Waals surface area (Å²) >= 11 is 0. The number of nitrogens with one attached hydrogen (secondary N) is 1. The van der Waals surface area contributed by atoms with E-state index in [0.29, 0.717) is 13.0 Å². The molecule has 1 aliphatic rings. The van der Waals surface area contributed by atoms with Gasteiger partial charge in [0, 0.05) is 13.2 Å². The summed E-state index contributed by atoms with van der Waals surface area (Å²) in [5.41, 5.74) is 1.11. The van der Waals surface area contributed by atoms with Crippen molar-refractivity contribution < 1.29 is 14.3 Å². The average molecular weight is 263 g/mol. The first-order valence-electron chi connectivity index (χ1n) is 6.80. The van der Waals surface area contributed by atoms with Crippen LogP contribution in [0.25, 0.3) is 0 Å². The first-order valence-corrected chi connectivity index (χ1v) is 6.80. The topological polar surface area (TPSA) is 47.6 Å². The van der Waals surface area contributed by atoms with Gasteiger partial charge < -0.3 is 14.8 Å². The zero-order valence-corrected chi connectivity index (χ0v) is 11.4. The van der Waals surface area contributed by atoms with Crippen molar-refractivity contribution in [1.29, 1.82) is 0 Å². The molecule has 0 aromatic heterocycles. The maximum atomic E-state index is 11.7. The van der Waals surface area contributed by atoms with Gasteiger partial charge in [-0.1, -0.05) is 18.2 Å². The molecule has 1 N–H and O–H groups in total. The second-order valence-electron chi connectivity index (χ2n) is 4.75. The summed E-state index contributed by atoms with van der Waals surface area (Å²) in [6, 6.07) is 7.87. The van der Waals surface area contributed by atoms with Crippen LogP contribution >= 0.6 is 0 Å². The standard InChI is InChI=1S/C15H21NO3/c1-18-14-7-3-2-5-12(14)8-9-16-15(17)11-13-6-4-10-19-13/h2-3,5,7,13H,4,6,8-11H2,1H3,(H,16,17)/t13-/m1/s1. The van der Waals surface area contributed by atoms with E-state index in [0.717, 1.165) is 37.2 Å². The van der Waals surface area contributed by atoms with Crippen molar-refractivity contribution in [1.82, 2.24) is 5.32 Å². The van der Waals surface area contributed by atoms with Crippen LogP contribution in [0.1, 0.15) is 24.8 Å². The Morgan fingerprint density at radius 2 is 2.32 bits per heavy atom. The number of ether oxygens (including phenoxy) is 2. The molecule has 1 atom stereocenters. The fraction of sp³-hybridized carbons (Fsp3) is 0.533. The minimum atomic E-state index is 0.0711. The van der Waals surface area contributed by atoms with Crippen molar-refractivity contribution in [2.45, 2.75) is 31.8 Å². The normalized spacial score (nSPS) is 18.3. The van der Waals surface area contributed by atoms with Crippen LogP contribution in [0.15, 0.2) is 24.3 Å². The van der Waals surface area contributed by atoms with E-state index >= 15 is 0 Å². The van der Waals surface area contributed by atoms with Gasteiger partial charge in [0.05, 0.1) is 19.6 Å². The molecular weight excluding hydrogens is 242 g/mol. The van der Waals surface area contributed by atoms with Crippen molar-refractivity contribution in [2.24, 2.45) is 0 Å². The summed E-state index contributed by atoms with van der Waals surface area (Å²) in [5, 5.41) is 2.93. The van der Waals surface area contributed by atoms with Crippen molar-refractivity contribution >= 4 is 5.91 Å². The van der Waals surface area contributed by atoms with Gasteiger partial charge in [-0.15, -0.1) is 0 Å². The minimum Gasteiger partial charge on any atom is -0.496 e. The number of hydrogen-bond acceptors (Lipinski definition) is 3. The van der Waals surface area contributed by atoms with Crippen molar-refractivity contribution in [3.8, 4) is 5.75 Å². The molecule has 0 radical (unpaired) electrons. The lowest BCUT2D eigenvalue weighted by Gasteiger charge is -2.11. The van der Waals surface area contributed by atoms with Gasteiger partial charge >= 0.3 is 0 Å². The number of methoxy groups -OCH3 is 1. The van der Waals surface area contributed by atoms with Gasteiger partial charge in [0.2, 0.25) is 5.91 Å². The van der Waals surface area contributed by atoms with E-state index < -0.39 is 0 Å². The van der Waals surface area contributed by atoms with Crippen LogP contribution in [0.4, 0.5) is 0 Å². The Morgan fingerprint density at radius 3 is 3.05 bits per heavy atom. The molecule has 1 aromatic rings. The molecule has 4 nitrogen and oxygen atoms in total. The Morgan fingerprint density at radius 1 is 1.47 bits per heavy atom. The first kappa shape index (κ1) is 13.9. The zero-order valence-electron chi connectivity index (χ0n) is 11.4. The Bertz CT molecular complexity index is 414. The summed E-state index contributed by atoms with van der Waals surface area (Å²) in [6.45, 7) is 1.42. The van der Waals surface area contributed by atoms with E-state index in [9.17, 15) is 4.79 Å². The molecule has 1 saturated heterocycles. The number of para-hydroxylation sites is 1. The lowest BCUT2D eigenvalue weighted by molar-refractivity contribution is -0.123. The first-order chi connectivity index (χ1) is 9.29. The molecule has 0 spiro atoms. The molecule has 0 aliphatic carbocycles. The number of benzene rings is 1. The molecule has 0 saturated carbocycles. The summed E-state index contributed by atoms with van der Waals surface area (Å²) in [6.07, 6.45) is 3.44. The summed E-state index contributed by atoms with van der Waals surface area (Å²) in [7, 11) is 1.66. The van der Waals surface area contributed by atoms with Crippen molar-refractivity contribution in [2.75, 3.05) is 20.3 Å². The van der Waals surface area contributed by atoms with Crippen LogP contribution < -0.4 is 10.1 Å². The van der Waals surface area contributed by atoms with Gasteiger partial charge in [-0.3, -0.25) is 4.79 Å². The van der Waals surface area contributed by atoms with Crippen LogP contribution in [0.3, 0.4) is 0 Å². The van der Waals surface area contributed by atoms with E-state index in [4.69, 9.17) is 9.47 Å². The number of hydrogen-bond donors (Lipinski definition) is 1. The van der Waals surface area contributed by atoms with Crippen molar-refractivity contribution in [3.05, 3.63) is 29.8 Å². The Hall–Kier alpha value is -1.55. The molecule has 0 bridgehead atoms. The van der Waals surface area contributed by atoms with E-state index in [-0.39, 0.29) is 12.0 Å². The van der Waals surface area contributed by atoms with Gasteiger partial charge in [-0.05, 0) is 30.9 Å². The SMILES string of the molecule is COc1ccccc1CCNC(=O)C[C@H]1CCCO1. The number of amides is 1. The van der Waals surface area contributed by atoms with Crippen LogP contribution in [-0.2, 0) is 16.0 Å². The summed E-state index contributed by atoms with van der Waals surface area (Å²) in [5.74, 6) is 0.942. The molecule has 1 aromatic carbocycles. The predicted octanol–water partition coefficient (Wildman–Crippen LogP) is 1.92. The lowest BCUT2D eigenvalue weighted by Crippen LogP contribution is -2.29. The highest BCUT2D eigenvalue weighted by Crippen LogP contribution is 2.17. The van der Waals surface area contributed by atoms with E-state index in [1.54, 1.807) is 7.11 Å². The number of rotatable bonds is 6. The smallest absolute Gasteiger partial charge is 0.222 e. The summed E-state index contributed by atoms with van der Waals surface area (Å²) in [4.78, 5) is 11.7. The van der Waals surface area contributed by atoms with Gasteiger partial charge in [0.25, 0.3) is 0 Å².